The predicted octanol–water partition coefficient (Wildman–Crippen LogP) is 0.617. The average Bonchev–Trinajstić information content (AvgIpc) is 3.30. The van der Waals surface area contributed by atoms with Gasteiger partial charge in [-0.05, 0) is 26.2 Å². The highest BCUT2D eigenvalue weighted by Crippen LogP contribution is 2.40. The van der Waals surface area contributed by atoms with Crippen molar-refractivity contribution in [1.29, 1.82) is 0 Å². The van der Waals surface area contributed by atoms with Gasteiger partial charge in [-0.2, -0.15) is 0 Å². The van der Waals surface area contributed by atoms with Gasteiger partial charge in [0.1, 0.15) is 17.5 Å². The van der Waals surface area contributed by atoms with Crippen LogP contribution in [0.2, 0.25) is 0 Å². The number of carbonyl (C=O) groups is 1. The first-order valence-electron chi connectivity index (χ1n) is 7.44. The molecule has 114 valence electrons. The minimum Gasteiger partial charge on any atom is -0.347 e. The third-order valence-corrected chi connectivity index (χ3v) is 4.19. The SMILES string of the molecule is Cc1c(NN)nc(C2CC2)nc1N1CCCN(C)C(=O)C1. The van der Waals surface area contributed by atoms with Crippen LogP contribution in [0.1, 0.15) is 36.6 Å². The molecule has 1 aliphatic heterocycles. The van der Waals surface area contributed by atoms with Gasteiger partial charge >= 0.3 is 0 Å². The molecule has 2 aliphatic rings. The fourth-order valence-electron chi connectivity index (χ4n) is 2.66. The number of nitrogens with zero attached hydrogens (tertiary/aromatic N) is 4. The smallest absolute Gasteiger partial charge is 0.241 e. The molecule has 21 heavy (non-hydrogen) atoms. The summed E-state index contributed by atoms with van der Waals surface area (Å²) >= 11 is 0. The van der Waals surface area contributed by atoms with Gasteiger partial charge in [0, 0.05) is 31.6 Å². The van der Waals surface area contributed by atoms with E-state index in [9.17, 15) is 4.79 Å². The van der Waals surface area contributed by atoms with E-state index in [1.54, 1.807) is 4.90 Å². The Morgan fingerprint density at radius 2 is 2.05 bits per heavy atom. The van der Waals surface area contributed by atoms with E-state index in [2.05, 4.69) is 15.3 Å². The number of anilines is 2. The summed E-state index contributed by atoms with van der Waals surface area (Å²) in [4.78, 5) is 25.1. The van der Waals surface area contributed by atoms with Gasteiger partial charge in [-0.25, -0.2) is 15.8 Å². The lowest BCUT2D eigenvalue weighted by atomic mass is 10.2. The molecule has 1 aromatic heterocycles. The minimum atomic E-state index is 0.126. The topological polar surface area (TPSA) is 87.4 Å². The van der Waals surface area contributed by atoms with Crippen molar-refractivity contribution in [1.82, 2.24) is 14.9 Å². The average molecular weight is 290 g/mol. The van der Waals surface area contributed by atoms with Crippen molar-refractivity contribution < 1.29 is 4.79 Å². The Morgan fingerprint density at radius 3 is 2.71 bits per heavy atom. The van der Waals surface area contributed by atoms with Gasteiger partial charge in [0.05, 0.1) is 6.54 Å². The standard InChI is InChI=1S/C14H22N6O/c1-9-12(18-15)16-13(10-4-5-10)17-14(9)20-7-3-6-19(2)11(21)8-20/h10H,3-8,15H2,1-2H3,(H,16,17,18). The van der Waals surface area contributed by atoms with Gasteiger partial charge in [0.25, 0.3) is 0 Å². The van der Waals surface area contributed by atoms with Crippen LogP contribution in [-0.2, 0) is 4.79 Å². The summed E-state index contributed by atoms with van der Waals surface area (Å²) in [5.74, 6) is 8.49. The Balaban J connectivity index is 1.95. The monoisotopic (exact) mass is 290 g/mol. The normalized spacial score (nSPS) is 19.7. The number of rotatable bonds is 3. The van der Waals surface area contributed by atoms with Crippen molar-refractivity contribution in [2.75, 3.05) is 37.0 Å². The zero-order chi connectivity index (χ0) is 15.0. The first-order valence-corrected chi connectivity index (χ1v) is 7.44. The Hall–Kier alpha value is -1.89. The first-order chi connectivity index (χ1) is 10.1. The predicted molar refractivity (Wildman–Crippen MR) is 81.0 cm³/mol. The summed E-state index contributed by atoms with van der Waals surface area (Å²) < 4.78 is 0. The highest BCUT2D eigenvalue weighted by Gasteiger charge is 2.30. The molecule has 0 aromatic carbocycles. The summed E-state index contributed by atoms with van der Waals surface area (Å²) in [5.41, 5.74) is 3.56. The number of nitrogens with one attached hydrogen (secondary N) is 1. The third kappa shape index (κ3) is 2.78. The second kappa shape index (κ2) is 5.48. The fourth-order valence-corrected chi connectivity index (χ4v) is 2.66. The van der Waals surface area contributed by atoms with Gasteiger partial charge < -0.3 is 15.2 Å². The lowest BCUT2D eigenvalue weighted by molar-refractivity contribution is -0.127. The summed E-state index contributed by atoms with van der Waals surface area (Å²) in [7, 11) is 1.85. The van der Waals surface area contributed by atoms with Crippen LogP contribution in [0.4, 0.5) is 11.6 Å². The molecule has 1 saturated carbocycles. The Kier molecular flexibility index (Phi) is 3.67. The Labute approximate surface area is 124 Å². The van der Waals surface area contributed by atoms with Crippen LogP contribution in [-0.4, -0.2) is 47.5 Å². The molecule has 7 nitrogen and oxygen atoms in total. The van der Waals surface area contributed by atoms with Crippen molar-refractivity contribution in [3.63, 3.8) is 0 Å². The third-order valence-electron chi connectivity index (χ3n) is 4.19. The highest BCUT2D eigenvalue weighted by atomic mass is 16.2. The van der Waals surface area contributed by atoms with Crippen LogP contribution < -0.4 is 16.2 Å². The summed E-state index contributed by atoms with van der Waals surface area (Å²) in [5, 5.41) is 0. The number of nitrogens with two attached hydrogens (primary N) is 1. The van der Waals surface area contributed by atoms with E-state index in [4.69, 9.17) is 10.8 Å². The number of hydrazine groups is 1. The second-order valence-electron chi connectivity index (χ2n) is 5.89. The Morgan fingerprint density at radius 1 is 1.29 bits per heavy atom. The molecule has 0 radical (unpaired) electrons. The number of hydrogen-bond donors (Lipinski definition) is 2. The van der Waals surface area contributed by atoms with Gasteiger partial charge in [0.2, 0.25) is 5.91 Å². The van der Waals surface area contributed by atoms with Gasteiger partial charge in [0.15, 0.2) is 0 Å². The zero-order valence-electron chi connectivity index (χ0n) is 12.6. The van der Waals surface area contributed by atoms with Crippen LogP contribution in [0.3, 0.4) is 0 Å². The van der Waals surface area contributed by atoms with E-state index in [-0.39, 0.29) is 5.91 Å². The maximum Gasteiger partial charge on any atom is 0.241 e. The molecule has 3 N–H and O–H groups in total. The number of aromatic nitrogens is 2. The van der Waals surface area contributed by atoms with E-state index in [0.29, 0.717) is 18.3 Å². The molecular formula is C14H22N6O. The van der Waals surface area contributed by atoms with Crippen molar-refractivity contribution in [3.05, 3.63) is 11.4 Å². The van der Waals surface area contributed by atoms with Crippen molar-refractivity contribution >= 4 is 17.5 Å². The maximum atomic E-state index is 12.1. The molecular weight excluding hydrogens is 268 g/mol. The molecule has 0 unspecified atom stereocenters. The molecule has 1 saturated heterocycles. The van der Waals surface area contributed by atoms with Crippen molar-refractivity contribution in [2.24, 2.45) is 5.84 Å². The summed E-state index contributed by atoms with van der Waals surface area (Å²) in [6, 6.07) is 0. The Bertz CT molecular complexity index is 557. The summed E-state index contributed by atoms with van der Waals surface area (Å²) in [6.45, 7) is 3.92. The van der Waals surface area contributed by atoms with Crippen LogP contribution in [0.5, 0.6) is 0 Å². The van der Waals surface area contributed by atoms with Gasteiger partial charge in [-0.1, -0.05) is 0 Å². The van der Waals surface area contributed by atoms with E-state index >= 15 is 0 Å². The number of hydrogen-bond acceptors (Lipinski definition) is 6. The highest BCUT2D eigenvalue weighted by molar-refractivity contribution is 5.82. The largest absolute Gasteiger partial charge is 0.347 e. The molecule has 0 atom stereocenters. The molecule has 0 spiro atoms. The van der Waals surface area contributed by atoms with Crippen molar-refractivity contribution in [3.8, 4) is 0 Å². The maximum absolute atomic E-state index is 12.1. The number of nitrogen functional groups attached to an aromatic ring is 1. The lowest BCUT2D eigenvalue weighted by Gasteiger charge is -2.24. The van der Waals surface area contributed by atoms with Crippen LogP contribution >= 0.6 is 0 Å². The van der Waals surface area contributed by atoms with Crippen LogP contribution in [0.15, 0.2) is 0 Å². The summed E-state index contributed by atoms with van der Waals surface area (Å²) in [6.07, 6.45) is 3.21. The molecule has 1 aliphatic carbocycles. The minimum absolute atomic E-state index is 0.126. The quantitative estimate of drug-likeness (QED) is 0.627. The van der Waals surface area contributed by atoms with Gasteiger partial charge in [-0.15, -0.1) is 0 Å². The van der Waals surface area contributed by atoms with E-state index in [0.717, 1.165) is 49.6 Å². The molecule has 1 aromatic rings. The molecule has 2 fully saturated rings. The van der Waals surface area contributed by atoms with Crippen molar-refractivity contribution in [2.45, 2.75) is 32.1 Å². The zero-order valence-corrected chi connectivity index (χ0v) is 12.6. The van der Waals surface area contributed by atoms with Gasteiger partial charge in [-0.3, -0.25) is 4.79 Å². The van der Waals surface area contributed by atoms with E-state index in [1.165, 1.54) is 0 Å². The second-order valence-corrected chi connectivity index (χ2v) is 5.89. The molecule has 2 heterocycles. The van der Waals surface area contributed by atoms with Crippen LogP contribution in [0, 0.1) is 6.92 Å². The molecule has 7 heteroatoms. The van der Waals surface area contributed by atoms with E-state index in [1.807, 2.05) is 14.0 Å². The fraction of sp³-hybridized carbons (Fsp3) is 0.643. The number of likely N-dealkylation sites (N-methyl/N-ethyl adjacent to an activating group) is 1. The molecule has 1 amide bonds. The number of amides is 1. The van der Waals surface area contributed by atoms with Crippen LogP contribution in [0.25, 0.3) is 0 Å². The lowest BCUT2D eigenvalue weighted by Crippen LogP contribution is -2.35. The first kappa shape index (κ1) is 14.1. The molecule has 3 rings (SSSR count). The van der Waals surface area contributed by atoms with E-state index < -0.39 is 0 Å². The molecule has 0 bridgehead atoms. The number of carbonyl (C=O) groups excluding carboxylic acids is 1.